The fourth-order valence-corrected chi connectivity index (χ4v) is 2.67. The summed E-state index contributed by atoms with van der Waals surface area (Å²) in [7, 11) is 3.62. The number of nitrogens with zero attached hydrogens (tertiary/aromatic N) is 5. The van der Waals surface area contributed by atoms with Gasteiger partial charge in [0.05, 0.1) is 12.2 Å². The highest BCUT2D eigenvalue weighted by Crippen LogP contribution is 2.14. The van der Waals surface area contributed by atoms with Gasteiger partial charge in [0.1, 0.15) is 17.1 Å². The van der Waals surface area contributed by atoms with Crippen LogP contribution in [0.2, 0.25) is 0 Å². The maximum absolute atomic E-state index is 12.9. The van der Waals surface area contributed by atoms with Crippen LogP contribution in [0.15, 0.2) is 18.5 Å². The molecule has 0 aliphatic heterocycles. The van der Waals surface area contributed by atoms with Crippen molar-refractivity contribution in [1.29, 1.82) is 0 Å². The minimum atomic E-state index is -0.686. The molecule has 0 aliphatic carbocycles. The van der Waals surface area contributed by atoms with Crippen LogP contribution in [-0.4, -0.2) is 54.9 Å². The van der Waals surface area contributed by atoms with Crippen molar-refractivity contribution in [2.75, 3.05) is 13.1 Å². The Bertz CT molecular complexity index is 818. The number of carbonyl (C=O) groups is 2. The molecule has 2 amide bonds. The standard InChI is InChI=1S/C19H30N6O3/c1-14-12-15(24(6)22-14)17(26)25(18(27)28-19(2,3)4)10-7-8-20-13-16-21-9-11-23(16)5/h9,11-12,20H,7-8,10,13H2,1-6H3. The van der Waals surface area contributed by atoms with E-state index in [0.717, 1.165) is 10.7 Å². The number of nitrogens with one attached hydrogen (secondary N) is 1. The van der Waals surface area contributed by atoms with E-state index in [1.54, 1.807) is 47.0 Å². The van der Waals surface area contributed by atoms with Crippen LogP contribution in [0.25, 0.3) is 0 Å². The lowest BCUT2D eigenvalue weighted by Gasteiger charge is -2.26. The average molecular weight is 390 g/mol. The van der Waals surface area contributed by atoms with Gasteiger partial charge in [-0.05, 0) is 46.7 Å². The van der Waals surface area contributed by atoms with E-state index in [4.69, 9.17) is 4.74 Å². The smallest absolute Gasteiger partial charge is 0.417 e. The van der Waals surface area contributed by atoms with Gasteiger partial charge in [0.15, 0.2) is 0 Å². The molecule has 0 bridgehead atoms. The number of imide groups is 1. The van der Waals surface area contributed by atoms with Crippen LogP contribution < -0.4 is 5.32 Å². The molecule has 2 aromatic rings. The number of carbonyl (C=O) groups excluding carboxylic acids is 2. The van der Waals surface area contributed by atoms with Gasteiger partial charge in [-0.1, -0.05) is 0 Å². The summed E-state index contributed by atoms with van der Waals surface area (Å²) < 4.78 is 8.84. The normalized spacial score (nSPS) is 11.5. The molecule has 9 nitrogen and oxygen atoms in total. The molecule has 154 valence electrons. The summed E-state index contributed by atoms with van der Waals surface area (Å²) >= 11 is 0. The van der Waals surface area contributed by atoms with E-state index >= 15 is 0 Å². The molecule has 0 radical (unpaired) electrons. The van der Waals surface area contributed by atoms with Crippen molar-refractivity contribution in [2.45, 2.75) is 46.3 Å². The second kappa shape index (κ2) is 9.01. The molecule has 1 N–H and O–H groups in total. The fraction of sp³-hybridized carbons (Fsp3) is 0.579. The van der Waals surface area contributed by atoms with Crippen molar-refractivity contribution in [1.82, 2.24) is 29.5 Å². The molecular weight excluding hydrogens is 360 g/mol. The number of rotatable bonds is 7. The van der Waals surface area contributed by atoms with E-state index in [0.29, 0.717) is 30.9 Å². The fourth-order valence-electron chi connectivity index (χ4n) is 2.67. The number of ether oxygens (including phenoxy) is 1. The second-order valence-electron chi connectivity index (χ2n) is 7.72. The predicted molar refractivity (Wildman–Crippen MR) is 105 cm³/mol. The maximum Gasteiger partial charge on any atom is 0.417 e. The number of aryl methyl sites for hydroxylation is 3. The second-order valence-corrected chi connectivity index (χ2v) is 7.72. The van der Waals surface area contributed by atoms with Crippen molar-refractivity contribution < 1.29 is 14.3 Å². The summed E-state index contributed by atoms with van der Waals surface area (Å²) in [5.74, 6) is 0.506. The van der Waals surface area contributed by atoms with E-state index in [2.05, 4.69) is 15.4 Å². The number of aromatic nitrogens is 4. The molecule has 0 saturated heterocycles. The lowest BCUT2D eigenvalue weighted by molar-refractivity contribution is 0.0236. The van der Waals surface area contributed by atoms with Crippen LogP contribution in [0.5, 0.6) is 0 Å². The summed E-state index contributed by atoms with van der Waals surface area (Å²) in [6, 6.07) is 1.67. The first-order chi connectivity index (χ1) is 13.1. The van der Waals surface area contributed by atoms with Gasteiger partial charge < -0.3 is 14.6 Å². The molecule has 0 aliphatic rings. The van der Waals surface area contributed by atoms with Crippen LogP contribution >= 0.6 is 0 Å². The van der Waals surface area contributed by atoms with E-state index < -0.39 is 17.6 Å². The Morgan fingerprint density at radius 3 is 2.54 bits per heavy atom. The van der Waals surface area contributed by atoms with Gasteiger partial charge >= 0.3 is 6.09 Å². The highest BCUT2D eigenvalue weighted by Gasteiger charge is 2.29. The highest BCUT2D eigenvalue weighted by molar-refractivity contribution is 6.02. The Hall–Kier alpha value is -2.68. The highest BCUT2D eigenvalue weighted by atomic mass is 16.6. The Kier molecular flexibility index (Phi) is 6.95. The largest absolute Gasteiger partial charge is 0.443 e. The molecule has 0 unspecified atom stereocenters. The zero-order chi connectivity index (χ0) is 20.9. The molecule has 0 fully saturated rings. The first kappa shape index (κ1) is 21.6. The van der Waals surface area contributed by atoms with Gasteiger partial charge in [0, 0.05) is 33.0 Å². The van der Waals surface area contributed by atoms with Gasteiger partial charge in [-0.15, -0.1) is 0 Å². The Balaban J connectivity index is 1.99. The Morgan fingerprint density at radius 2 is 2.00 bits per heavy atom. The summed E-state index contributed by atoms with van der Waals surface area (Å²) in [6.07, 6.45) is 3.57. The molecule has 2 rings (SSSR count). The van der Waals surface area contributed by atoms with Crippen molar-refractivity contribution in [3.05, 3.63) is 35.7 Å². The van der Waals surface area contributed by atoms with E-state index in [1.165, 1.54) is 4.68 Å². The van der Waals surface area contributed by atoms with E-state index in [-0.39, 0.29) is 6.54 Å². The summed E-state index contributed by atoms with van der Waals surface area (Å²) in [4.78, 5) is 30.9. The van der Waals surface area contributed by atoms with Crippen LogP contribution in [0.3, 0.4) is 0 Å². The van der Waals surface area contributed by atoms with E-state index in [9.17, 15) is 9.59 Å². The molecule has 2 aromatic heterocycles. The zero-order valence-corrected chi connectivity index (χ0v) is 17.5. The van der Waals surface area contributed by atoms with Gasteiger partial charge in [-0.3, -0.25) is 9.48 Å². The van der Waals surface area contributed by atoms with Gasteiger partial charge in [0.2, 0.25) is 0 Å². The molecule has 0 atom stereocenters. The van der Waals surface area contributed by atoms with Crippen LogP contribution in [-0.2, 0) is 25.4 Å². The number of hydrogen-bond acceptors (Lipinski definition) is 6. The van der Waals surface area contributed by atoms with Crippen LogP contribution in [0, 0.1) is 6.92 Å². The van der Waals surface area contributed by atoms with Gasteiger partial charge in [-0.25, -0.2) is 14.7 Å². The predicted octanol–water partition coefficient (Wildman–Crippen LogP) is 2.02. The summed E-state index contributed by atoms with van der Waals surface area (Å²) in [5.41, 5.74) is 0.380. The molecule has 2 heterocycles. The Morgan fingerprint density at radius 1 is 1.29 bits per heavy atom. The molecule has 0 saturated carbocycles. The van der Waals surface area contributed by atoms with Crippen molar-refractivity contribution in [3.63, 3.8) is 0 Å². The SMILES string of the molecule is Cc1cc(C(=O)N(CCCNCc2nccn2C)C(=O)OC(C)(C)C)n(C)n1. The molecule has 0 aromatic carbocycles. The lowest BCUT2D eigenvalue weighted by Crippen LogP contribution is -2.42. The van der Waals surface area contributed by atoms with Crippen molar-refractivity contribution in [3.8, 4) is 0 Å². The average Bonchev–Trinajstić information content (AvgIpc) is 3.13. The maximum atomic E-state index is 12.9. The van der Waals surface area contributed by atoms with Gasteiger partial charge in [-0.2, -0.15) is 5.10 Å². The molecule has 9 heteroatoms. The Labute approximate surface area is 165 Å². The first-order valence-corrected chi connectivity index (χ1v) is 9.31. The number of imidazole rings is 1. The topological polar surface area (TPSA) is 94.3 Å². The lowest BCUT2D eigenvalue weighted by atomic mass is 10.2. The van der Waals surface area contributed by atoms with Gasteiger partial charge in [0.25, 0.3) is 5.91 Å². The van der Waals surface area contributed by atoms with Crippen molar-refractivity contribution >= 4 is 12.0 Å². The third kappa shape index (κ3) is 5.91. The molecule has 28 heavy (non-hydrogen) atoms. The summed E-state index contributed by atoms with van der Waals surface area (Å²) in [6.45, 7) is 8.61. The monoisotopic (exact) mass is 390 g/mol. The molecule has 0 spiro atoms. The van der Waals surface area contributed by atoms with E-state index in [1.807, 2.05) is 17.8 Å². The minimum Gasteiger partial charge on any atom is -0.443 e. The molecular formula is C19H30N6O3. The first-order valence-electron chi connectivity index (χ1n) is 9.31. The number of hydrogen-bond donors (Lipinski definition) is 1. The third-order valence-electron chi connectivity index (χ3n) is 4.02. The zero-order valence-electron chi connectivity index (χ0n) is 17.5. The quantitative estimate of drug-likeness (QED) is 0.727. The number of amides is 2. The van der Waals surface area contributed by atoms with Crippen molar-refractivity contribution in [2.24, 2.45) is 14.1 Å². The summed E-state index contributed by atoms with van der Waals surface area (Å²) in [5, 5.41) is 7.46. The van der Waals surface area contributed by atoms with Crippen LogP contribution in [0.1, 0.15) is 49.2 Å². The van der Waals surface area contributed by atoms with Crippen LogP contribution in [0.4, 0.5) is 4.79 Å². The minimum absolute atomic E-state index is 0.242. The third-order valence-corrected chi connectivity index (χ3v) is 4.02.